The molecule has 5 heteroatoms. The zero-order valence-electron chi connectivity index (χ0n) is 7.93. The number of furan rings is 1. The van der Waals surface area contributed by atoms with Gasteiger partial charge in [0.25, 0.3) is 6.43 Å². The lowest BCUT2D eigenvalue weighted by Gasteiger charge is -2.00. The molecule has 0 aliphatic rings. The van der Waals surface area contributed by atoms with E-state index in [2.05, 4.69) is 5.32 Å². The first-order valence-corrected chi connectivity index (χ1v) is 5.67. The lowest BCUT2D eigenvalue weighted by atomic mass is 10.4. The molecule has 2 nitrogen and oxygen atoms in total. The summed E-state index contributed by atoms with van der Waals surface area (Å²) in [4.78, 5) is 0. The van der Waals surface area contributed by atoms with Crippen LogP contribution in [-0.4, -0.2) is 19.2 Å². The van der Waals surface area contributed by atoms with Gasteiger partial charge in [-0.1, -0.05) is 0 Å². The quantitative estimate of drug-likeness (QED) is 0.799. The number of rotatable bonds is 6. The molecule has 80 valence electrons. The van der Waals surface area contributed by atoms with Crippen molar-refractivity contribution in [1.29, 1.82) is 0 Å². The Labute approximate surface area is 86.1 Å². The van der Waals surface area contributed by atoms with E-state index in [-0.39, 0.29) is 6.54 Å². The smallest absolute Gasteiger partial charge is 0.250 e. The Morgan fingerprint density at radius 2 is 2.14 bits per heavy atom. The van der Waals surface area contributed by atoms with E-state index in [4.69, 9.17) is 4.42 Å². The van der Waals surface area contributed by atoms with Gasteiger partial charge in [-0.2, -0.15) is 11.8 Å². The summed E-state index contributed by atoms with van der Waals surface area (Å²) in [6, 6.07) is 3.68. The van der Waals surface area contributed by atoms with Gasteiger partial charge in [-0.25, -0.2) is 8.78 Å². The molecule has 1 heterocycles. The van der Waals surface area contributed by atoms with Crippen molar-refractivity contribution in [2.24, 2.45) is 0 Å². The summed E-state index contributed by atoms with van der Waals surface area (Å²) >= 11 is 1.66. The van der Waals surface area contributed by atoms with Crippen molar-refractivity contribution in [3.63, 3.8) is 0 Å². The fourth-order valence-corrected chi connectivity index (χ4v) is 1.48. The van der Waals surface area contributed by atoms with Crippen LogP contribution in [0.3, 0.4) is 0 Å². The Bertz CT molecular complexity index is 265. The Balaban J connectivity index is 2.28. The van der Waals surface area contributed by atoms with Crippen molar-refractivity contribution in [3.8, 4) is 0 Å². The van der Waals surface area contributed by atoms with Crippen LogP contribution < -0.4 is 5.32 Å². The molecular formula is C9H13F2NOS. The van der Waals surface area contributed by atoms with E-state index >= 15 is 0 Å². The first kappa shape index (κ1) is 11.5. The van der Waals surface area contributed by atoms with Crippen LogP contribution in [-0.2, 0) is 12.3 Å². The third-order valence-electron chi connectivity index (χ3n) is 1.60. The highest BCUT2D eigenvalue weighted by molar-refractivity contribution is 7.97. The van der Waals surface area contributed by atoms with Crippen LogP contribution in [0.4, 0.5) is 8.78 Å². The summed E-state index contributed by atoms with van der Waals surface area (Å²) in [5.41, 5.74) is 0. The Morgan fingerprint density at radius 1 is 1.43 bits per heavy atom. The molecule has 0 aromatic carbocycles. The van der Waals surface area contributed by atoms with E-state index in [0.29, 0.717) is 12.3 Å². The maximum absolute atomic E-state index is 11.8. The van der Waals surface area contributed by atoms with Gasteiger partial charge in [0, 0.05) is 0 Å². The Morgan fingerprint density at radius 3 is 2.79 bits per heavy atom. The van der Waals surface area contributed by atoms with Gasteiger partial charge in [-0.15, -0.1) is 0 Å². The molecule has 0 aliphatic carbocycles. The van der Waals surface area contributed by atoms with Gasteiger partial charge in [-0.3, -0.25) is 0 Å². The number of alkyl halides is 2. The number of hydrogen-bond acceptors (Lipinski definition) is 3. The fourth-order valence-electron chi connectivity index (χ4n) is 1.04. The zero-order valence-corrected chi connectivity index (χ0v) is 8.74. The molecule has 0 fully saturated rings. The molecule has 14 heavy (non-hydrogen) atoms. The molecule has 0 aliphatic heterocycles. The Hall–Kier alpha value is -0.550. The monoisotopic (exact) mass is 221 g/mol. The molecule has 1 N–H and O–H groups in total. The van der Waals surface area contributed by atoms with Gasteiger partial charge in [0.1, 0.15) is 11.5 Å². The molecule has 0 saturated carbocycles. The summed E-state index contributed by atoms with van der Waals surface area (Å²) in [6.45, 7) is 0.0667. The average molecular weight is 221 g/mol. The fraction of sp³-hybridized carbons (Fsp3) is 0.556. The van der Waals surface area contributed by atoms with E-state index in [1.807, 2.05) is 18.4 Å². The lowest BCUT2D eigenvalue weighted by Crippen LogP contribution is -2.20. The van der Waals surface area contributed by atoms with E-state index in [9.17, 15) is 8.78 Å². The zero-order chi connectivity index (χ0) is 10.4. The van der Waals surface area contributed by atoms with Gasteiger partial charge in [0.2, 0.25) is 0 Å². The van der Waals surface area contributed by atoms with Crippen LogP contribution in [0.1, 0.15) is 11.5 Å². The first-order chi connectivity index (χ1) is 6.72. The van der Waals surface area contributed by atoms with Crippen LogP contribution in [0.2, 0.25) is 0 Å². The number of hydrogen-bond donors (Lipinski definition) is 1. The second-order valence-corrected chi connectivity index (χ2v) is 3.69. The van der Waals surface area contributed by atoms with Crippen molar-refractivity contribution >= 4 is 11.8 Å². The molecule has 1 aromatic rings. The predicted molar refractivity (Wildman–Crippen MR) is 53.6 cm³/mol. The third kappa shape index (κ3) is 4.11. The predicted octanol–water partition coefficient (Wildman–Crippen LogP) is 2.50. The molecule has 1 aromatic heterocycles. The minimum Gasteiger partial charge on any atom is -0.464 e. The normalized spacial score (nSPS) is 11.1. The second kappa shape index (κ2) is 6.03. The van der Waals surface area contributed by atoms with Crippen LogP contribution >= 0.6 is 11.8 Å². The van der Waals surface area contributed by atoms with E-state index < -0.39 is 6.43 Å². The number of thioether (sulfide) groups is 1. The van der Waals surface area contributed by atoms with Crippen LogP contribution in [0.25, 0.3) is 0 Å². The van der Waals surface area contributed by atoms with Crippen molar-refractivity contribution in [2.75, 3.05) is 12.8 Å². The summed E-state index contributed by atoms with van der Waals surface area (Å²) in [6.07, 6.45) is -0.326. The number of nitrogens with one attached hydrogen (secondary N) is 1. The molecule has 0 bridgehead atoms. The number of halogens is 2. The van der Waals surface area contributed by atoms with E-state index in [1.165, 1.54) is 0 Å². The van der Waals surface area contributed by atoms with Crippen LogP contribution in [0, 0.1) is 0 Å². The summed E-state index contributed by atoms with van der Waals surface area (Å²) in [5.74, 6) is 2.40. The lowest BCUT2D eigenvalue weighted by molar-refractivity contribution is 0.144. The van der Waals surface area contributed by atoms with Gasteiger partial charge >= 0.3 is 0 Å². The SMILES string of the molecule is CSCc1ccc(CNCC(F)F)o1. The molecule has 0 unspecified atom stereocenters. The highest BCUT2D eigenvalue weighted by Crippen LogP contribution is 2.13. The Kier molecular flexibility index (Phi) is 4.97. The molecule has 0 spiro atoms. The van der Waals surface area contributed by atoms with E-state index in [1.54, 1.807) is 11.8 Å². The van der Waals surface area contributed by atoms with Gasteiger partial charge in [0.15, 0.2) is 0 Å². The van der Waals surface area contributed by atoms with Crippen LogP contribution in [0.15, 0.2) is 16.5 Å². The minimum atomic E-state index is -2.31. The standard InChI is InChI=1S/C9H13F2NOS/c1-14-6-8-3-2-7(13-8)4-12-5-9(10)11/h2-3,9,12H,4-6H2,1H3. The first-order valence-electron chi connectivity index (χ1n) is 4.27. The summed E-state index contributed by atoms with van der Waals surface area (Å²) in [5, 5.41) is 2.61. The molecule has 0 radical (unpaired) electrons. The van der Waals surface area contributed by atoms with Crippen molar-refractivity contribution in [2.45, 2.75) is 18.7 Å². The molecule has 0 saturated heterocycles. The molecular weight excluding hydrogens is 208 g/mol. The molecule has 1 rings (SSSR count). The maximum Gasteiger partial charge on any atom is 0.250 e. The highest BCUT2D eigenvalue weighted by Gasteiger charge is 2.04. The average Bonchev–Trinajstić information content (AvgIpc) is 2.53. The second-order valence-electron chi connectivity index (χ2n) is 2.82. The van der Waals surface area contributed by atoms with Gasteiger partial charge in [-0.05, 0) is 18.4 Å². The largest absolute Gasteiger partial charge is 0.464 e. The van der Waals surface area contributed by atoms with Crippen molar-refractivity contribution in [3.05, 3.63) is 23.7 Å². The van der Waals surface area contributed by atoms with E-state index in [0.717, 1.165) is 11.5 Å². The van der Waals surface area contributed by atoms with Gasteiger partial charge in [0.05, 0.1) is 18.8 Å². The molecule has 0 amide bonds. The summed E-state index contributed by atoms with van der Waals surface area (Å²) < 4.78 is 28.9. The van der Waals surface area contributed by atoms with Crippen molar-refractivity contribution in [1.82, 2.24) is 5.32 Å². The molecule has 0 atom stereocenters. The topological polar surface area (TPSA) is 25.2 Å². The maximum atomic E-state index is 11.8. The van der Waals surface area contributed by atoms with Crippen molar-refractivity contribution < 1.29 is 13.2 Å². The summed E-state index contributed by atoms with van der Waals surface area (Å²) in [7, 11) is 0. The van der Waals surface area contributed by atoms with Crippen LogP contribution in [0.5, 0.6) is 0 Å². The third-order valence-corrected chi connectivity index (χ3v) is 2.17. The minimum absolute atomic E-state index is 0.293. The highest BCUT2D eigenvalue weighted by atomic mass is 32.2. The van der Waals surface area contributed by atoms with Gasteiger partial charge < -0.3 is 9.73 Å².